The predicted octanol–water partition coefficient (Wildman–Crippen LogP) is 5.52. The normalized spacial score (nSPS) is 10.8. The molecule has 0 spiro atoms. The van der Waals surface area contributed by atoms with Gasteiger partial charge in [-0.05, 0) is 34.1 Å². The Morgan fingerprint density at radius 2 is 1.89 bits per heavy atom. The lowest BCUT2D eigenvalue weighted by Gasteiger charge is -2.11. The Morgan fingerprint density at radius 3 is 2.58 bits per heavy atom. The van der Waals surface area contributed by atoms with E-state index in [1.807, 2.05) is 24.3 Å². The Hall–Kier alpha value is -0.650. The molecule has 6 heteroatoms. The van der Waals surface area contributed by atoms with Crippen LogP contribution in [0.3, 0.4) is 0 Å². The lowest BCUT2D eigenvalue weighted by molar-refractivity contribution is 0.771. The van der Waals surface area contributed by atoms with Crippen LogP contribution < -0.4 is 5.32 Å². The van der Waals surface area contributed by atoms with Gasteiger partial charge >= 0.3 is 0 Å². The average molecular weight is 406 g/mol. The van der Waals surface area contributed by atoms with E-state index in [4.69, 9.17) is 11.6 Å². The van der Waals surface area contributed by atoms with Crippen LogP contribution in [0.15, 0.2) is 33.3 Å². The van der Waals surface area contributed by atoms with Crippen molar-refractivity contribution >= 4 is 55.0 Å². The van der Waals surface area contributed by atoms with Crippen LogP contribution in [0.25, 0.3) is 0 Å². The Labute approximate surface area is 134 Å². The Bertz CT molecular complexity index is 602. The molecule has 0 aliphatic heterocycles. The highest BCUT2D eigenvalue weighted by molar-refractivity contribution is 9.10. The van der Waals surface area contributed by atoms with Crippen LogP contribution in [0.1, 0.15) is 25.6 Å². The first kappa shape index (κ1) is 14.8. The average Bonchev–Trinajstić information content (AvgIpc) is 2.33. The predicted molar refractivity (Wildman–Crippen MR) is 86.3 cm³/mol. The van der Waals surface area contributed by atoms with E-state index in [1.165, 1.54) is 0 Å². The van der Waals surface area contributed by atoms with Gasteiger partial charge in [0.2, 0.25) is 0 Å². The van der Waals surface area contributed by atoms with E-state index < -0.39 is 0 Å². The fourth-order valence-electron chi connectivity index (χ4n) is 1.49. The topological polar surface area (TPSA) is 37.8 Å². The molecular formula is C13H12Br2ClN3. The minimum Gasteiger partial charge on any atom is -0.339 e. The zero-order chi connectivity index (χ0) is 14.0. The molecule has 0 unspecified atom stereocenters. The van der Waals surface area contributed by atoms with Gasteiger partial charge in [-0.15, -0.1) is 0 Å². The van der Waals surface area contributed by atoms with E-state index in [9.17, 15) is 0 Å². The minimum atomic E-state index is 0.260. The highest BCUT2D eigenvalue weighted by atomic mass is 79.9. The molecule has 0 bridgehead atoms. The molecular weight excluding hydrogens is 393 g/mol. The van der Waals surface area contributed by atoms with Crippen LogP contribution in [-0.2, 0) is 0 Å². The third kappa shape index (κ3) is 3.91. The van der Waals surface area contributed by atoms with E-state index in [2.05, 4.69) is 61.0 Å². The number of hydrogen-bond acceptors (Lipinski definition) is 3. The fraction of sp³-hybridized carbons (Fsp3) is 0.231. The van der Waals surface area contributed by atoms with Crippen molar-refractivity contribution in [1.29, 1.82) is 0 Å². The van der Waals surface area contributed by atoms with E-state index >= 15 is 0 Å². The van der Waals surface area contributed by atoms with Crippen molar-refractivity contribution in [2.75, 3.05) is 5.32 Å². The van der Waals surface area contributed by atoms with Crippen LogP contribution >= 0.6 is 43.5 Å². The third-order valence-corrected chi connectivity index (χ3v) is 3.65. The van der Waals surface area contributed by atoms with E-state index in [1.54, 1.807) is 0 Å². The summed E-state index contributed by atoms with van der Waals surface area (Å²) < 4.78 is 1.71. The number of nitrogens with zero attached hydrogens (tertiary/aromatic N) is 2. The summed E-state index contributed by atoms with van der Waals surface area (Å²) in [7, 11) is 0. The largest absolute Gasteiger partial charge is 0.339 e. The summed E-state index contributed by atoms with van der Waals surface area (Å²) in [6.45, 7) is 4.11. The number of benzene rings is 1. The molecule has 1 aromatic carbocycles. The zero-order valence-corrected chi connectivity index (χ0v) is 14.3. The second-order valence-corrected chi connectivity index (χ2v) is 6.47. The molecule has 0 aliphatic carbocycles. The quantitative estimate of drug-likeness (QED) is 0.683. The number of aromatic nitrogens is 2. The molecule has 2 aromatic rings. The Kier molecular flexibility index (Phi) is 4.81. The smallest absolute Gasteiger partial charge is 0.135 e. The molecule has 3 nitrogen and oxygen atoms in total. The second kappa shape index (κ2) is 6.20. The summed E-state index contributed by atoms with van der Waals surface area (Å²) in [5.41, 5.74) is 0.802. The van der Waals surface area contributed by atoms with Crippen LogP contribution in [-0.4, -0.2) is 9.97 Å². The van der Waals surface area contributed by atoms with Gasteiger partial charge in [-0.2, -0.15) is 0 Å². The van der Waals surface area contributed by atoms with Crippen molar-refractivity contribution in [2.45, 2.75) is 19.8 Å². The van der Waals surface area contributed by atoms with Gasteiger partial charge in [0.15, 0.2) is 0 Å². The number of hydrogen-bond donors (Lipinski definition) is 1. The van der Waals surface area contributed by atoms with Gasteiger partial charge in [0.25, 0.3) is 0 Å². The van der Waals surface area contributed by atoms with Crippen molar-refractivity contribution in [3.8, 4) is 0 Å². The molecule has 1 aromatic heterocycles. The van der Waals surface area contributed by atoms with Gasteiger partial charge in [-0.1, -0.05) is 41.4 Å². The van der Waals surface area contributed by atoms with Gasteiger partial charge in [0.1, 0.15) is 16.2 Å². The van der Waals surface area contributed by atoms with E-state index in [0.29, 0.717) is 10.8 Å². The molecule has 0 saturated heterocycles. The monoisotopic (exact) mass is 403 g/mol. The highest BCUT2D eigenvalue weighted by Crippen LogP contribution is 2.29. The Morgan fingerprint density at radius 1 is 1.16 bits per heavy atom. The van der Waals surface area contributed by atoms with Gasteiger partial charge in [0, 0.05) is 16.5 Å². The Balaban J connectivity index is 2.35. The molecule has 0 aliphatic rings. The SMILES string of the molecule is CC(C)c1nc(Br)cc(Nc2cc(Br)ccc2Cl)n1. The zero-order valence-electron chi connectivity index (χ0n) is 10.4. The standard InChI is InChI=1S/C13H12Br2ClN3/c1-7(2)13-18-11(15)6-12(19-13)17-10-5-8(14)3-4-9(10)16/h3-7H,1-2H3,(H,17,18,19). The first-order chi connectivity index (χ1) is 8.95. The number of halogens is 3. The summed E-state index contributed by atoms with van der Waals surface area (Å²) in [6, 6.07) is 7.45. The van der Waals surface area contributed by atoms with Crippen LogP contribution in [0.2, 0.25) is 5.02 Å². The first-order valence-corrected chi connectivity index (χ1v) is 7.68. The van der Waals surface area contributed by atoms with Crippen molar-refractivity contribution in [2.24, 2.45) is 0 Å². The summed E-state index contributed by atoms with van der Waals surface area (Å²) in [5, 5.41) is 3.85. The second-order valence-electron chi connectivity index (χ2n) is 4.34. The molecule has 0 saturated carbocycles. The molecule has 1 N–H and O–H groups in total. The lowest BCUT2D eigenvalue weighted by Crippen LogP contribution is -2.02. The molecule has 0 amide bonds. The third-order valence-electron chi connectivity index (χ3n) is 2.42. The lowest BCUT2D eigenvalue weighted by atomic mass is 10.2. The molecule has 1 heterocycles. The van der Waals surface area contributed by atoms with Gasteiger partial charge in [-0.25, -0.2) is 9.97 Å². The fourth-order valence-corrected chi connectivity index (χ4v) is 2.41. The first-order valence-electron chi connectivity index (χ1n) is 5.72. The molecule has 19 heavy (non-hydrogen) atoms. The van der Waals surface area contributed by atoms with Gasteiger partial charge in [-0.3, -0.25) is 0 Å². The summed E-state index contributed by atoms with van der Waals surface area (Å²) in [4.78, 5) is 8.81. The number of anilines is 2. The van der Waals surface area contributed by atoms with Crippen LogP contribution in [0, 0.1) is 0 Å². The van der Waals surface area contributed by atoms with Crippen LogP contribution in [0.5, 0.6) is 0 Å². The number of rotatable bonds is 3. The molecule has 0 radical (unpaired) electrons. The van der Waals surface area contributed by atoms with E-state index in [-0.39, 0.29) is 5.92 Å². The summed E-state index contributed by atoms with van der Waals surface area (Å²) in [6.07, 6.45) is 0. The van der Waals surface area contributed by atoms with Gasteiger partial charge < -0.3 is 5.32 Å². The molecule has 0 atom stereocenters. The maximum Gasteiger partial charge on any atom is 0.135 e. The van der Waals surface area contributed by atoms with Crippen LogP contribution in [0.4, 0.5) is 11.5 Å². The van der Waals surface area contributed by atoms with Crippen molar-refractivity contribution in [3.63, 3.8) is 0 Å². The maximum absolute atomic E-state index is 6.15. The summed E-state index contributed by atoms with van der Waals surface area (Å²) >= 11 is 13.0. The molecule has 2 rings (SSSR count). The van der Waals surface area contributed by atoms with Crippen molar-refractivity contribution in [1.82, 2.24) is 9.97 Å². The maximum atomic E-state index is 6.15. The van der Waals surface area contributed by atoms with Gasteiger partial charge in [0.05, 0.1) is 10.7 Å². The summed E-state index contributed by atoms with van der Waals surface area (Å²) in [5.74, 6) is 1.75. The van der Waals surface area contributed by atoms with Crippen molar-refractivity contribution < 1.29 is 0 Å². The molecule has 0 fully saturated rings. The minimum absolute atomic E-state index is 0.260. The highest BCUT2D eigenvalue weighted by Gasteiger charge is 2.08. The molecule has 100 valence electrons. The van der Waals surface area contributed by atoms with E-state index in [0.717, 1.165) is 20.6 Å². The number of nitrogens with one attached hydrogen (secondary N) is 1. The van der Waals surface area contributed by atoms with Crippen molar-refractivity contribution in [3.05, 3.63) is 44.2 Å².